The van der Waals surface area contributed by atoms with Gasteiger partial charge in [-0.2, -0.15) is 0 Å². The fraction of sp³-hybridized carbons (Fsp3) is 1.00. The third kappa shape index (κ3) is 3.82. The molecule has 0 radical (unpaired) electrons. The van der Waals surface area contributed by atoms with Crippen LogP contribution in [0, 0.1) is 23.2 Å². The second-order valence-corrected chi connectivity index (χ2v) is 9.83. The molecule has 124 valence electrons. The molecule has 0 aromatic heterocycles. The van der Waals surface area contributed by atoms with Crippen LogP contribution in [-0.4, -0.2) is 17.2 Å². The van der Waals surface area contributed by atoms with Gasteiger partial charge < -0.3 is 10.5 Å². The fourth-order valence-electron chi connectivity index (χ4n) is 4.90. The smallest absolute Gasteiger partial charge is 0.0677 e. The standard InChI is InChI=1S/C19H37NO/c1-17(2,3)14-10-8-13(9-11-14)16(20)15-12-18(4,5)21-19(15,6)7/h13-16H,8-12,20H2,1-7H3. The van der Waals surface area contributed by atoms with Crippen LogP contribution < -0.4 is 5.73 Å². The Morgan fingerprint density at radius 3 is 1.90 bits per heavy atom. The summed E-state index contributed by atoms with van der Waals surface area (Å²) in [6, 6.07) is 0.294. The van der Waals surface area contributed by atoms with E-state index in [0.29, 0.717) is 23.3 Å². The molecule has 1 saturated heterocycles. The zero-order valence-corrected chi connectivity index (χ0v) is 15.3. The maximum atomic E-state index is 6.72. The highest BCUT2D eigenvalue weighted by molar-refractivity contribution is 5.01. The summed E-state index contributed by atoms with van der Waals surface area (Å²) >= 11 is 0. The molecule has 0 aromatic rings. The summed E-state index contributed by atoms with van der Waals surface area (Å²) in [6.45, 7) is 16.0. The largest absolute Gasteiger partial charge is 0.369 e. The van der Waals surface area contributed by atoms with Gasteiger partial charge in [-0.25, -0.2) is 0 Å². The summed E-state index contributed by atoms with van der Waals surface area (Å²) in [5.74, 6) is 2.04. The molecule has 1 aliphatic heterocycles. The lowest BCUT2D eigenvalue weighted by molar-refractivity contribution is -0.0790. The first kappa shape index (κ1) is 17.3. The van der Waals surface area contributed by atoms with Crippen LogP contribution in [0.3, 0.4) is 0 Å². The van der Waals surface area contributed by atoms with Crippen LogP contribution in [0.2, 0.25) is 0 Å². The number of ether oxygens (including phenoxy) is 1. The first-order valence-corrected chi connectivity index (χ1v) is 8.88. The second kappa shape index (κ2) is 5.53. The van der Waals surface area contributed by atoms with Crippen molar-refractivity contribution < 1.29 is 4.74 Å². The molecule has 1 saturated carbocycles. The predicted octanol–water partition coefficient (Wildman–Crippen LogP) is 4.76. The van der Waals surface area contributed by atoms with Crippen LogP contribution in [0.15, 0.2) is 0 Å². The molecular formula is C19H37NO. The van der Waals surface area contributed by atoms with E-state index in [4.69, 9.17) is 10.5 Å². The Bertz CT molecular complexity index is 358. The van der Waals surface area contributed by atoms with E-state index in [1.165, 1.54) is 25.7 Å². The van der Waals surface area contributed by atoms with Gasteiger partial charge >= 0.3 is 0 Å². The Morgan fingerprint density at radius 1 is 1.00 bits per heavy atom. The summed E-state index contributed by atoms with van der Waals surface area (Å²) in [7, 11) is 0. The molecule has 2 unspecified atom stereocenters. The van der Waals surface area contributed by atoms with Gasteiger partial charge in [0.05, 0.1) is 11.2 Å². The summed E-state index contributed by atoms with van der Waals surface area (Å²) < 4.78 is 6.26. The fourth-order valence-corrected chi connectivity index (χ4v) is 4.90. The lowest BCUT2D eigenvalue weighted by Crippen LogP contribution is -2.46. The maximum absolute atomic E-state index is 6.72. The average molecular weight is 296 g/mol. The van der Waals surface area contributed by atoms with E-state index in [9.17, 15) is 0 Å². The number of hydrogen-bond acceptors (Lipinski definition) is 2. The lowest BCUT2D eigenvalue weighted by Gasteiger charge is -2.41. The van der Waals surface area contributed by atoms with E-state index in [0.717, 1.165) is 12.3 Å². The molecule has 21 heavy (non-hydrogen) atoms. The van der Waals surface area contributed by atoms with E-state index >= 15 is 0 Å². The number of rotatable bonds is 2. The van der Waals surface area contributed by atoms with Crippen molar-refractivity contribution in [2.45, 2.75) is 97.8 Å². The van der Waals surface area contributed by atoms with E-state index in [-0.39, 0.29) is 11.2 Å². The number of hydrogen-bond donors (Lipinski definition) is 1. The van der Waals surface area contributed by atoms with Crippen LogP contribution >= 0.6 is 0 Å². The van der Waals surface area contributed by atoms with Crippen molar-refractivity contribution in [1.29, 1.82) is 0 Å². The normalized spacial score (nSPS) is 37.4. The van der Waals surface area contributed by atoms with Crippen molar-refractivity contribution in [2.75, 3.05) is 0 Å². The summed E-state index contributed by atoms with van der Waals surface area (Å²) in [4.78, 5) is 0. The SMILES string of the molecule is CC1(C)CC(C(N)C2CCC(C(C)(C)C)CC2)C(C)(C)O1. The van der Waals surface area contributed by atoms with E-state index in [1.54, 1.807) is 0 Å². The molecule has 1 heterocycles. The van der Waals surface area contributed by atoms with Gasteiger partial charge in [0.1, 0.15) is 0 Å². The molecule has 2 heteroatoms. The quantitative estimate of drug-likeness (QED) is 0.797. The van der Waals surface area contributed by atoms with Crippen molar-refractivity contribution in [1.82, 2.24) is 0 Å². The van der Waals surface area contributed by atoms with Crippen molar-refractivity contribution in [3.63, 3.8) is 0 Å². The third-order valence-corrected chi connectivity index (χ3v) is 6.15. The highest BCUT2D eigenvalue weighted by atomic mass is 16.5. The van der Waals surface area contributed by atoms with Gasteiger partial charge in [-0.3, -0.25) is 0 Å². The Hall–Kier alpha value is -0.0800. The minimum absolute atomic E-state index is 0.0194. The minimum atomic E-state index is -0.0796. The van der Waals surface area contributed by atoms with Gasteiger partial charge in [0.15, 0.2) is 0 Å². The van der Waals surface area contributed by atoms with E-state index in [1.807, 2.05) is 0 Å². The molecule has 2 atom stereocenters. The minimum Gasteiger partial charge on any atom is -0.369 e. The summed E-state index contributed by atoms with van der Waals surface area (Å²) in [5.41, 5.74) is 7.08. The molecule has 2 nitrogen and oxygen atoms in total. The molecule has 0 amide bonds. The van der Waals surface area contributed by atoms with Gasteiger partial charge in [0.2, 0.25) is 0 Å². The molecule has 0 aromatic carbocycles. The molecule has 2 fully saturated rings. The van der Waals surface area contributed by atoms with Crippen LogP contribution in [0.5, 0.6) is 0 Å². The Labute approximate surface area is 132 Å². The highest BCUT2D eigenvalue weighted by Crippen LogP contribution is 2.47. The molecule has 2 rings (SSSR count). The summed E-state index contributed by atoms with van der Waals surface area (Å²) in [5, 5.41) is 0. The van der Waals surface area contributed by atoms with Crippen LogP contribution in [-0.2, 0) is 4.74 Å². The Balaban J connectivity index is 1.98. The van der Waals surface area contributed by atoms with Crippen LogP contribution in [0.25, 0.3) is 0 Å². The lowest BCUT2D eigenvalue weighted by atomic mass is 9.66. The van der Waals surface area contributed by atoms with Crippen LogP contribution in [0.1, 0.15) is 80.6 Å². The van der Waals surface area contributed by atoms with Gasteiger partial charge in [0, 0.05) is 12.0 Å². The van der Waals surface area contributed by atoms with Crippen molar-refractivity contribution >= 4 is 0 Å². The average Bonchev–Trinajstić information content (AvgIpc) is 2.55. The molecule has 2 aliphatic rings. The molecule has 2 N–H and O–H groups in total. The van der Waals surface area contributed by atoms with Crippen molar-refractivity contribution in [3.8, 4) is 0 Å². The first-order valence-electron chi connectivity index (χ1n) is 8.88. The number of nitrogens with two attached hydrogens (primary N) is 1. The zero-order valence-electron chi connectivity index (χ0n) is 15.3. The van der Waals surface area contributed by atoms with Gasteiger partial charge in [0.25, 0.3) is 0 Å². The second-order valence-electron chi connectivity index (χ2n) is 9.83. The predicted molar refractivity (Wildman–Crippen MR) is 90.2 cm³/mol. The monoisotopic (exact) mass is 295 g/mol. The van der Waals surface area contributed by atoms with Crippen LogP contribution in [0.4, 0.5) is 0 Å². The first-order chi connectivity index (χ1) is 9.42. The molecular weight excluding hydrogens is 258 g/mol. The van der Waals surface area contributed by atoms with Gasteiger partial charge in [-0.15, -0.1) is 0 Å². The highest BCUT2D eigenvalue weighted by Gasteiger charge is 2.50. The van der Waals surface area contributed by atoms with E-state index in [2.05, 4.69) is 48.5 Å². The molecule has 0 spiro atoms. The molecule has 0 bridgehead atoms. The van der Waals surface area contributed by atoms with Crippen molar-refractivity contribution in [2.24, 2.45) is 28.9 Å². The third-order valence-electron chi connectivity index (χ3n) is 6.15. The van der Waals surface area contributed by atoms with E-state index < -0.39 is 0 Å². The Morgan fingerprint density at radius 2 is 1.52 bits per heavy atom. The maximum Gasteiger partial charge on any atom is 0.0677 e. The summed E-state index contributed by atoms with van der Waals surface area (Å²) in [6.07, 6.45) is 6.39. The van der Waals surface area contributed by atoms with Gasteiger partial charge in [-0.05, 0) is 77.0 Å². The van der Waals surface area contributed by atoms with Gasteiger partial charge in [-0.1, -0.05) is 20.8 Å². The molecule has 1 aliphatic carbocycles. The van der Waals surface area contributed by atoms with Crippen molar-refractivity contribution in [3.05, 3.63) is 0 Å². The zero-order chi connectivity index (χ0) is 16.1. The topological polar surface area (TPSA) is 35.2 Å². The Kier molecular flexibility index (Phi) is 4.55.